The van der Waals surface area contributed by atoms with E-state index < -0.39 is 0 Å². The number of nitrogens with one attached hydrogen (secondary N) is 1. The summed E-state index contributed by atoms with van der Waals surface area (Å²) in [6, 6.07) is 0. The first-order valence-corrected chi connectivity index (χ1v) is 5.68. The van der Waals surface area contributed by atoms with Crippen LogP contribution in [0.3, 0.4) is 0 Å². The van der Waals surface area contributed by atoms with Crippen LogP contribution in [0.15, 0.2) is 12.4 Å². The summed E-state index contributed by atoms with van der Waals surface area (Å²) in [7, 11) is 0. The Labute approximate surface area is 108 Å². The second-order valence-electron chi connectivity index (χ2n) is 5.04. The van der Waals surface area contributed by atoms with Gasteiger partial charge in [-0.1, -0.05) is 6.92 Å². The summed E-state index contributed by atoms with van der Waals surface area (Å²) >= 11 is 0. The van der Waals surface area contributed by atoms with Crippen LogP contribution in [-0.2, 0) is 0 Å². The van der Waals surface area contributed by atoms with Gasteiger partial charge in [-0.05, 0) is 30.9 Å². The zero-order valence-corrected chi connectivity index (χ0v) is 11.1. The molecule has 1 fully saturated rings. The average molecular weight is 258 g/mol. The van der Waals surface area contributed by atoms with E-state index >= 15 is 0 Å². The molecule has 96 valence electrons. The van der Waals surface area contributed by atoms with E-state index in [2.05, 4.69) is 11.9 Å². The molecule has 17 heavy (non-hydrogen) atoms. The Morgan fingerprint density at radius 3 is 2.76 bits per heavy atom. The highest BCUT2D eigenvalue weighted by atomic mass is 35.5. The molecule has 5 heteroatoms. The zero-order valence-electron chi connectivity index (χ0n) is 10.3. The van der Waals surface area contributed by atoms with E-state index in [9.17, 15) is 4.79 Å². The topological polar surface area (TPSA) is 62.1 Å². The molecule has 0 radical (unpaired) electrons. The summed E-state index contributed by atoms with van der Waals surface area (Å²) in [6.45, 7) is 6.32. The van der Waals surface area contributed by atoms with E-state index in [1.54, 1.807) is 6.20 Å². The number of aromatic nitrogens is 1. The van der Waals surface area contributed by atoms with Crippen LogP contribution in [0.5, 0.6) is 0 Å². The fourth-order valence-electron chi connectivity index (χ4n) is 2.21. The molecule has 3 N–H and O–H groups in total. The molecule has 0 aromatic carbocycles. The van der Waals surface area contributed by atoms with Crippen molar-refractivity contribution >= 4 is 18.3 Å². The molecule has 1 atom stereocenters. The van der Waals surface area contributed by atoms with Crippen molar-refractivity contribution < 1.29 is 4.79 Å². The smallest absolute Gasteiger partial charge is 0.255 e. The van der Waals surface area contributed by atoms with Crippen LogP contribution in [0.4, 0.5) is 0 Å². The first kappa shape index (κ1) is 14.1. The third-order valence-corrected chi connectivity index (χ3v) is 3.52. The number of nitrogens with zero attached hydrogens (tertiary/aromatic N) is 1. The van der Waals surface area contributed by atoms with E-state index in [0.717, 1.165) is 30.6 Å². The van der Waals surface area contributed by atoms with Gasteiger partial charge in [0.05, 0.1) is 5.56 Å². The minimum atomic E-state index is 0. The number of carbonyl (C=O) groups excluding carboxylic acids is 1. The highest BCUT2D eigenvalue weighted by Gasteiger charge is 2.35. The second kappa shape index (κ2) is 5.10. The minimum Gasteiger partial charge on any atom is -0.367 e. The summed E-state index contributed by atoms with van der Waals surface area (Å²) in [5.41, 5.74) is 7.62. The fraction of sp³-hybridized carbons (Fsp3) is 0.583. The Hall–Kier alpha value is -1.00. The first-order chi connectivity index (χ1) is 7.56. The standard InChI is InChI=1S/C12H19N3O.ClH/c1-9-5-14-6-10(9)11(16)15-4-3-12(2,7-13)8-15;/h5-6,14H,3-4,7-8,13H2,1-2H3;1H. The van der Waals surface area contributed by atoms with Crippen molar-refractivity contribution in [3.05, 3.63) is 23.5 Å². The second-order valence-corrected chi connectivity index (χ2v) is 5.04. The lowest BCUT2D eigenvalue weighted by atomic mass is 9.90. The van der Waals surface area contributed by atoms with Crippen LogP contribution in [0.2, 0.25) is 0 Å². The predicted octanol–water partition coefficient (Wildman–Crippen LogP) is 1.56. The number of aromatic amines is 1. The van der Waals surface area contributed by atoms with E-state index in [0.29, 0.717) is 6.54 Å². The van der Waals surface area contributed by atoms with Gasteiger partial charge in [0, 0.05) is 25.5 Å². The maximum absolute atomic E-state index is 12.2. The Bertz CT molecular complexity index is 404. The molecular weight excluding hydrogens is 238 g/mol. The van der Waals surface area contributed by atoms with Crippen LogP contribution < -0.4 is 5.73 Å². The summed E-state index contributed by atoms with van der Waals surface area (Å²) in [6.07, 6.45) is 4.62. The lowest BCUT2D eigenvalue weighted by Gasteiger charge is -2.22. The van der Waals surface area contributed by atoms with E-state index in [4.69, 9.17) is 5.73 Å². The van der Waals surface area contributed by atoms with Crippen LogP contribution in [0.25, 0.3) is 0 Å². The van der Waals surface area contributed by atoms with Gasteiger partial charge in [0.2, 0.25) is 0 Å². The van der Waals surface area contributed by atoms with Crippen LogP contribution in [-0.4, -0.2) is 35.4 Å². The third-order valence-electron chi connectivity index (χ3n) is 3.52. The number of halogens is 1. The largest absolute Gasteiger partial charge is 0.367 e. The lowest BCUT2D eigenvalue weighted by molar-refractivity contribution is 0.0776. The number of carbonyl (C=O) groups is 1. The molecule has 0 bridgehead atoms. The molecule has 1 aromatic heterocycles. The molecule has 1 unspecified atom stereocenters. The Kier molecular flexibility index (Phi) is 4.22. The van der Waals surface area contributed by atoms with Gasteiger partial charge in [0.15, 0.2) is 0 Å². The SMILES string of the molecule is Cc1c[nH]cc1C(=O)N1CCC(C)(CN)C1.Cl. The quantitative estimate of drug-likeness (QED) is 0.845. The molecule has 2 heterocycles. The van der Waals surface area contributed by atoms with Gasteiger partial charge in [0.1, 0.15) is 0 Å². The van der Waals surface area contributed by atoms with Gasteiger partial charge in [-0.3, -0.25) is 4.79 Å². The van der Waals surface area contributed by atoms with E-state index in [-0.39, 0.29) is 23.7 Å². The molecule has 1 saturated heterocycles. The zero-order chi connectivity index (χ0) is 11.8. The molecule has 1 aliphatic heterocycles. The highest BCUT2D eigenvalue weighted by molar-refractivity contribution is 5.95. The van der Waals surface area contributed by atoms with Gasteiger partial charge in [-0.15, -0.1) is 12.4 Å². The number of rotatable bonds is 2. The van der Waals surface area contributed by atoms with Crippen molar-refractivity contribution in [2.24, 2.45) is 11.1 Å². The lowest BCUT2D eigenvalue weighted by Crippen LogP contribution is -2.34. The van der Waals surface area contributed by atoms with Crippen LogP contribution >= 0.6 is 12.4 Å². The average Bonchev–Trinajstić information content (AvgIpc) is 2.85. The number of H-pyrrole nitrogens is 1. The summed E-state index contributed by atoms with van der Waals surface area (Å²) in [5.74, 6) is 0.121. The summed E-state index contributed by atoms with van der Waals surface area (Å²) < 4.78 is 0. The molecule has 0 spiro atoms. The van der Waals surface area contributed by atoms with Crippen LogP contribution in [0.1, 0.15) is 29.3 Å². The van der Waals surface area contributed by atoms with Crippen molar-refractivity contribution in [2.45, 2.75) is 20.3 Å². The van der Waals surface area contributed by atoms with Crippen LogP contribution in [0, 0.1) is 12.3 Å². The Balaban J connectivity index is 0.00000144. The van der Waals surface area contributed by atoms with Gasteiger partial charge in [-0.25, -0.2) is 0 Å². The molecule has 2 rings (SSSR count). The molecule has 1 amide bonds. The molecule has 0 aliphatic carbocycles. The first-order valence-electron chi connectivity index (χ1n) is 5.68. The predicted molar refractivity (Wildman–Crippen MR) is 70.5 cm³/mol. The van der Waals surface area contributed by atoms with Crippen molar-refractivity contribution in [3.8, 4) is 0 Å². The van der Waals surface area contributed by atoms with E-state index in [1.165, 1.54) is 0 Å². The van der Waals surface area contributed by atoms with Crippen molar-refractivity contribution in [3.63, 3.8) is 0 Å². The van der Waals surface area contributed by atoms with Gasteiger partial charge in [-0.2, -0.15) is 0 Å². The molecule has 1 aliphatic rings. The van der Waals surface area contributed by atoms with E-state index in [1.807, 2.05) is 18.0 Å². The number of likely N-dealkylation sites (tertiary alicyclic amines) is 1. The number of aryl methyl sites for hydroxylation is 1. The third kappa shape index (κ3) is 2.64. The molecular formula is C12H20ClN3O. The number of nitrogens with two attached hydrogens (primary N) is 1. The van der Waals surface area contributed by atoms with Gasteiger partial charge in [0.25, 0.3) is 5.91 Å². The minimum absolute atomic E-state index is 0. The Morgan fingerprint density at radius 2 is 2.29 bits per heavy atom. The van der Waals surface area contributed by atoms with Crippen molar-refractivity contribution in [2.75, 3.05) is 19.6 Å². The number of hydrogen-bond donors (Lipinski definition) is 2. The van der Waals surface area contributed by atoms with Crippen molar-refractivity contribution in [1.82, 2.24) is 9.88 Å². The highest BCUT2D eigenvalue weighted by Crippen LogP contribution is 2.29. The monoisotopic (exact) mass is 257 g/mol. The maximum Gasteiger partial charge on any atom is 0.255 e. The van der Waals surface area contributed by atoms with Gasteiger partial charge >= 0.3 is 0 Å². The van der Waals surface area contributed by atoms with Gasteiger partial charge < -0.3 is 15.6 Å². The summed E-state index contributed by atoms with van der Waals surface area (Å²) in [5, 5.41) is 0. The maximum atomic E-state index is 12.2. The molecule has 1 aromatic rings. The van der Waals surface area contributed by atoms with Crippen molar-refractivity contribution in [1.29, 1.82) is 0 Å². The molecule has 0 saturated carbocycles. The number of amides is 1. The summed E-state index contributed by atoms with van der Waals surface area (Å²) in [4.78, 5) is 17.1. The number of hydrogen-bond acceptors (Lipinski definition) is 2. The normalized spacial score (nSPS) is 23.6. The molecule has 4 nitrogen and oxygen atoms in total. The fourth-order valence-corrected chi connectivity index (χ4v) is 2.21. The Morgan fingerprint density at radius 1 is 1.59 bits per heavy atom.